The highest BCUT2D eigenvalue weighted by Gasteiger charge is 2.41. The van der Waals surface area contributed by atoms with Gasteiger partial charge < -0.3 is 9.80 Å². The number of piperazine rings is 1. The summed E-state index contributed by atoms with van der Waals surface area (Å²) in [5.41, 5.74) is 1.93. The van der Waals surface area contributed by atoms with Crippen molar-refractivity contribution in [1.82, 2.24) is 4.90 Å². The van der Waals surface area contributed by atoms with Gasteiger partial charge in [-0.05, 0) is 32.4 Å². The number of likely N-dealkylation sites (N-methyl/N-ethyl adjacent to an activating group) is 1. The van der Waals surface area contributed by atoms with Crippen LogP contribution in [0.1, 0.15) is 25.0 Å². The number of aryl methyl sites for hydroxylation is 1. The molecule has 0 N–H and O–H groups in total. The van der Waals surface area contributed by atoms with Gasteiger partial charge in [0, 0.05) is 20.1 Å². The molecule has 0 aromatic heterocycles. The standard InChI is InChI=1S/C15H19N3O/c1-11-6-5-7-12(10-16)13(11)18-9-8-17(4)14(19)15(18,2)3/h5-7H,8-9H2,1-4H3. The van der Waals surface area contributed by atoms with E-state index in [1.165, 1.54) is 0 Å². The summed E-state index contributed by atoms with van der Waals surface area (Å²) in [5.74, 6) is 0.0888. The Kier molecular flexibility index (Phi) is 3.23. The van der Waals surface area contributed by atoms with Crippen molar-refractivity contribution in [3.8, 4) is 6.07 Å². The number of amides is 1. The Labute approximate surface area is 114 Å². The predicted octanol–water partition coefficient (Wildman–Crippen LogP) is 1.92. The van der Waals surface area contributed by atoms with Crippen molar-refractivity contribution < 1.29 is 4.79 Å². The van der Waals surface area contributed by atoms with Gasteiger partial charge in [0.1, 0.15) is 11.6 Å². The summed E-state index contributed by atoms with van der Waals surface area (Å²) in [6, 6.07) is 7.90. The first-order chi connectivity index (χ1) is 8.89. The maximum absolute atomic E-state index is 12.3. The van der Waals surface area contributed by atoms with Crippen LogP contribution in [0.25, 0.3) is 0 Å². The van der Waals surface area contributed by atoms with E-state index in [9.17, 15) is 10.1 Å². The Morgan fingerprint density at radius 1 is 1.32 bits per heavy atom. The monoisotopic (exact) mass is 257 g/mol. The van der Waals surface area contributed by atoms with E-state index in [0.717, 1.165) is 17.8 Å². The highest BCUT2D eigenvalue weighted by Crippen LogP contribution is 2.33. The number of para-hydroxylation sites is 1. The van der Waals surface area contributed by atoms with E-state index in [0.29, 0.717) is 12.1 Å². The second-order valence-corrected chi connectivity index (χ2v) is 5.52. The highest BCUT2D eigenvalue weighted by atomic mass is 16.2. The van der Waals surface area contributed by atoms with E-state index < -0.39 is 5.54 Å². The van der Waals surface area contributed by atoms with E-state index in [1.54, 1.807) is 11.0 Å². The highest BCUT2D eigenvalue weighted by molar-refractivity contribution is 5.91. The van der Waals surface area contributed by atoms with Crippen LogP contribution < -0.4 is 4.90 Å². The van der Waals surface area contributed by atoms with Gasteiger partial charge in [-0.3, -0.25) is 4.79 Å². The molecule has 2 rings (SSSR count). The third-order valence-electron chi connectivity index (χ3n) is 3.83. The number of nitriles is 1. The van der Waals surface area contributed by atoms with Crippen LogP contribution in [-0.2, 0) is 4.79 Å². The van der Waals surface area contributed by atoms with Gasteiger partial charge >= 0.3 is 0 Å². The summed E-state index contributed by atoms with van der Waals surface area (Å²) >= 11 is 0. The average Bonchev–Trinajstić information content (AvgIpc) is 2.37. The topological polar surface area (TPSA) is 47.3 Å². The van der Waals surface area contributed by atoms with Crippen LogP contribution in [0.15, 0.2) is 18.2 Å². The molecule has 0 aliphatic carbocycles. The van der Waals surface area contributed by atoms with Gasteiger partial charge in [-0.25, -0.2) is 0 Å². The lowest BCUT2D eigenvalue weighted by Gasteiger charge is -2.46. The molecule has 1 heterocycles. The fourth-order valence-corrected chi connectivity index (χ4v) is 2.71. The van der Waals surface area contributed by atoms with Gasteiger partial charge in [-0.1, -0.05) is 12.1 Å². The third-order valence-corrected chi connectivity index (χ3v) is 3.83. The summed E-state index contributed by atoms with van der Waals surface area (Å²) < 4.78 is 0. The Balaban J connectivity index is 2.54. The van der Waals surface area contributed by atoms with Crippen molar-refractivity contribution in [2.45, 2.75) is 26.3 Å². The van der Waals surface area contributed by atoms with Crippen molar-refractivity contribution in [1.29, 1.82) is 5.26 Å². The molecule has 1 aromatic carbocycles. The molecule has 1 aromatic rings. The minimum atomic E-state index is -0.620. The minimum Gasteiger partial charge on any atom is -0.354 e. The second-order valence-electron chi connectivity index (χ2n) is 5.52. The molecular weight excluding hydrogens is 238 g/mol. The van der Waals surface area contributed by atoms with Crippen LogP contribution in [0.3, 0.4) is 0 Å². The smallest absolute Gasteiger partial charge is 0.247 e. The van der Waals surface area contributed by atoms with Crippen molar-refractivity contribution in [3.05, 3.63) is 29.3 Å². The fourth-order valence-electron chi connectivity index (χ4n) is 2.71. The summed E-state index contributed by atoms with van der Waals surface area (Å²) in [6.07, 6.45) is 0. The maximum Gasteiger partial charge on any atom is 0.247 e. The molecule has 1 aliphatic rings. The van der Waals surface area contributed by atoms with E-state index in [2.05, 4.69) is 11.0 Å². The minimum absolute atomic E-state index is 0.0888. The van der Waals surface area contributed by atoms with Crippen LogP contribution in [0.5, 0.6) is 0 Å². The van der Waals surface area contributed by atoms with Gasteiger partial charge in [0.15, 0.2) is 0 Å². The van der Waals surface area contributed by atoms with E-state index >= 15 is 0 Å². The molecule has 100 valence electrons. The Morgan fingerprint density at radius 2 is 2.00 bits per heavy atom. The first-order valence-electron chi connectivity index (χ1n) is 6.42. The quantitative estimate of drug-likeness (QED) is 0.772. The number of anilines is 1. The molecule has 0 saturated carbocycles. The first-order valence-corrected chi connectivity index (χ1v) is 6.42. The lowest BCUT2D eigenvalue weighted by molar-refractivity contribution is -0.136. The van der Waals surface area contributed by atoms with Crippen molar-refractivity contribution in [2.75, 3.05) is 25.0 Å². The summed E-state index contributed by atoms with van der Waals surface area (Å²) in [6.45, 7) is 7.24. The predicted molar refractivity (Wildman–Crippen MR) is 75.0 cm³/mol. The summed E-state index contributed by atoms with van der Waals surface area (Å²) in [4.78, 5) is 16.2. The molecule has 19 heavy (non-hydrogen) atoms. The van der Waals surface area contributed by atoms with Gasteiger partial charge in [0.25, 0.3) is 0 Å². The number of benzene rings is 1. The number of carbonyl (C=O) groups excluding carboxylic acids is 1. The zero-order chi connectivity index (χ0) is 14.2. The molecule has 0 unspecified atom stereocenters. The van der Waals surface area contributed by atoms with Gasteiger partial charge in [-0.15, -0.1) is 0 Å². The number of rotatable bonds is 1. The van der Waals surface area contributed by atoms with E-state index in [1.807, 2.05) is 40.0 Å². The molecule has 4 nitrogen and oxygen atoms in total. The van der Waals surface area contributed by atoms with Crippen molar-refractivity contribution in [2.24, 2.45) is 0 Å². The van der Waals surface area contributed by atoms with Crippen LogP contribution >= 0.6 is 0 Å². The molecule has 4 heteroatoms. The SMILES string of the molecule is Cc1cccc(C#N)c1N1CCN(C)C(=O)C1(C)C. The molecule has 0 radical (unpaired) electrons. The third kappa shape index (κ3) is 2.06. The van der Waals surface area contributed by atoms with Gasteiger partial charge in [0.05, 0.1) is 11.3 Å². The number of carbonyl (C=O) groups is 1. The van der Waals surface area contributed by atoms with Crippen molar-refractivity contribution in [3.63, 3.8) is 0 Å². The molecule has 0 atom stereocenters. The number of hydrogen-bond acceptors (Lipinski definition) is 3. The van der Waals surface area contributed by atoms with Gasteiger partial charge in [-0.2, -0.15) is 5.26 Å². The van der Waals surface area contributed by atoms with Crippen molar-refractivity contribution >= 4 is 11.6 Å². The lowest BCUT2D eigenvalue weighted by Crippen LogP contribution is -2.62. The zero-order valence-electron chi connectivity index (χ0n) is 11.9. The molecular formula is C15H19N3O. The molecule has 0 bridgehead atoms. The molecule has 1 amide bonds. The molecule has 1 aliphatic heterocycles. The van der Waals surface area contributed by atoms with Crippen LogP contribution in [0.4, 0.5) is 5.69 Å². The summed E-state index contributed by atoms with van der Waals surface area (Å²) in [5, 5.41) is 9.29. The summed E-state index contributed by atoms with van der Waals surface area (Å²) in [7, 11) is 1.82. The van der Waals surface area contributed by atoms with Crippen LogP contribution in [-0.4, -0.2) is 36.5 Å². The second kappa shape index (κ2) is 4.58. The fraction of sp³-hybridized carbons (Fsp3) is 0.467. The number of hydrogen-bond donors (Lipinski definition) is 0. The van der Waals surface area contributed by atoms with Crippen LogP contribution in [0.2, 0.25) is 0 Å². The number of nitrogens with zero attached hydrogens (tertiary/aromatic N) is 3. The zero-order valence-corrected chi connectivity index (χ0v) is 11.9. The van der Waals surface area contributed by atoms with Gasteiger partial charge in [0.2, 0.25) is 5.91 Å². The molecule has 0 spiro atoms. The van der Waals surface area contributed by atoms with Crippen LogP contribution in [0, 0.1) is 18.3 Å². The first kappa shape index (κ1) is 13.4. The van der Waals surface area contributed by atoms with E-state index in [4.69, 9.17) is 0 Å². The Hall–Kier alpha value is -2.02. The molecule has 1 fully saturated rings. The van der Waals surface area contributed by atoms with E-state index in [-0.39, 0.29) is 5.91 Å². The average molecular weight is 257 g/mol. The molecule has 1 saturated heterocycles. The largest absolute Gasteiger partial charge is 0.354 e. The Morgan fingerprint density at radius 3 is 2.63 bits per heavy atom. The normalized spacial score (nSPS) is 18.4. The Bertz CT molecular complexity index is 557. The maximum atomic E-state index is 12.3. The lowest BCUT2D eigenvalue weighted by atomic mass is 9.94.